The summed E-state index contributed by atoms with van der Waals surface area (Å²) in [6.07, 6.45) is 0. The third kappa shape index (κ3) is 3.45. The zero-order valence-corrected chi connectivity index (χ0v) is 10.9. The molecule has 0 aliphatic carbocycles. The van der Waals surface area contributed by atoms with Crippen molar-refractivity contribution in [3.05, 3.63) is 58.7 Å². The van der Waals surface area contributed by atoms with Gasteiger partial charge >= 0.3 is 0 Å². The maximum absolute atomic E-state index is 5.84. The number of pyridine rings is 1. The lowest BCUT2D eigenvalue weighted by atomic mass is 10.1. The molecule has 0 spiro atoms. The van der Waals surface area contributed by atoms with E-state index in [0.717, 1.165) is 5.82 Å². The van der Waals surface area contributed by atoms with Gasteiger partial charge < -0.3 is 10.1 Å². The van der Waals surface area contributed by atoms with Crippen LogP contribution in [0.25, 0.3) is 0 Å². The summed E-state index contributed by atoms with van der Waals surface area (Å²) < 4.78 is 5.18. The molecule has 0 bridgehead atoms. The van der Waals surface area contributed by atoms with Gasteiger partial charge in [0.1, 0.15) is 11.0 Å². The van der Waals surface area contributed by atoms with Crippen molar-refractivity contribution >= 4 is 17.4 Å². The first-order valence-corrected chi connectivity index (χ1v) is 6.09. The average Bonchev–Trinajstić information content (AvgIpc) is 2.38. The molecule has 0 aliphatic heterocycles. The molecule has 1 N–H and O–H groups in total. The minimum absolute atomic E-state index is 0.491. The van der Waals surface area contributed by atoms with Crippen LogP contribution in [0, 0.1) is 0 Å². The fourth-order valence-electron chi connectivity index (χ4n) is 1.72. The number of anilines is 1. The Labute approximate surface area is 112 Å². The van der Waals surface area contributed by atoms with Crippen LogP contribution in [0.1, 0.15) is 11.1 Å². The Bertz CT molecular complexity index is 517. The van der Waals surface area contributed by atoms with Crippen LogP contribution in [0.5, 0.6) is 0 Å². The molecule has 0 fully saturated rings. The SMILES string of the molecule is COCc1ccccc1CNc1cccc(Cl)n1. The predicted molar refractivity (Wildman–Crippen MR) is 73.7 cm³/mol. The van der Waals surface area contributed by atoms with Crippen LogP contribution in [0.2, 0.25) is 5.15 Å². The molecule has 1 aromatic heterocycles. The number of methoxy groups -OCH3 is 1. The third-order valence-electron chi connectivity index (χ3n) is 2.59. The van der Waals surface area contributed by atoms with Gasteiger partial charge in [-0.1, -0.05) is 41.9 Å². The van der Waals surface area contributed by atoms with E-state index in [1.807, 2.05) is 24.3 Å². The zero-order chi connectivity index (χ0) is 12.8. The van der Waals surface area contributed by atoms with Gasteiger partial charge in [-0.25, -0.2) is 4.98 Å². The van der Waals surface area contributed by atoms with Crippen molar-refractivity contribution in [2.45, 2.75) is 13.2 Å². The second-order valence-corrected chi connectivity index (χ2v) is 4.29. The fraction of sp³-hybridized carbons (Fsp3) is 0.214. The molecule has 0 amide bonds. The maximum Gasteiger partial charge on any atom is 0.131 e. The molecule has 0 aliphatic rings. The highest BCUT2D eigenvalue weighted by Crippen LogP contribution is 2.14. The van der Waals surface area contributed by atoms with Gasteiger partial charge in [-0.15, -0.1) is 0 Å². The van der Waals surface area contributed by atoms with Crippen LogP contribution in [-0.4, -0.2) is 12.1 Å². The van der Waals surface area contributed by atoms with Gasteiger partial charge in [-0.3, -0.25) is 0 Å². The number of ether oxygens (including phenoxy) is 1. The lowest BCUT2D eigenvalue weighted by Gasteiger charge is -2.10. The summed E-state index contributed by atoms with van der Waals surface area (Å²) in [7, 11) is 1.70. The van der Waals surface area contributed by atoms with Crippen molar-refractivity contribution in [3.8, 4) is 0 Å². The second-order valence-electron chi connectivity index (χ2n) is 3.90. The highest BCUT2D eigenvalue weighted by molar-refractivity contribution is 6.29. The van der Waals surface area contributed by atoms with Crippen molar-refractivity contribution in [1.29, 1.82) is 0 Å². The number of aromatic nitrogens is 1. The van der Waals surface area contributed by atoms with E-state index in [9.17, 15) is 0 Å². The number of halogens is 1. The van der Waals surface area contributed by atoms with E-state index >= 15 is 0 Å². The van der Waals surface area contributed by atoms with Crippen molar-refractivity contribution in [2.24, 2.45) is 0 Å². The van der Waals surface area contributed by atoms with Crippen LogP contribution in [-0.2, 0) is 17.9 Å². The molecule has 1 aromatic carbocycles. The number of hydrogen-bond donors (Lipinski definition) is 1. The maximum atomic E-state index is 5.84. The summed E-state index contributed by atoms with van der Waals surface area (Å²) in [5.74, 6) is 0.773. The van der Waals surface area contributed by atoms with Gasteiger partial charge in [0.15, 0.2) is 0 Å². The lowest BCUT2D eigenvalue weighted by molar-refractivity contribution is 0.184. The van der Waals surface area contributed by atoms with Crippen LogP contribution in [0.4, 0.5) is 5.82 Å². The van der Waals surface area contributed by atoms with Crippen LogP contribution >= 0.6 is 11.6 Å². The minimum atomic E-state index is 0.491. The molecular formula is C14H15ClN2O. The van der Waals surface area contributed by atoms with E-state index in [4.69, 9.17) is 16.3 Å². The topological polar surface area (TPSA) is 34.1 Å². The summed E-state index contributed by atoms with van der Waals surface area (Å²) in [6.45, 7) is 1.31. The van der Waals surface area contributed by atoms with E-state index in [2.05, 4.69) is 22.4 Å². The monoisotopic (exact) mass is 262 g/mol. The number of rotatable bonds is 5. The summed E-state index contributed by atoms with van der Waals surface area (Å²) in [6, 6.07) is 13.7. The van der Waals surface area contributed by atoms with Gasteiger partial charge in [0, 0.05) is 13.7 Å². The molecule has 1 heterocycles. The normalized spacial score (nSPS) is 10.3. The van der Waals surface area contributed by atoms with E-state index in [1.165, 1.54) is 11.1 Å². The Morgan fingerprint density at radius 3 is 2.61 bits per heavy atom. The molecule has 18 heavy (non-hydrogen) atoms. The van der Waals surface area contributed by atoms with Crippen molar-refractivity contribution < 1.29 is 4.74 Å². The Balaban J connectivity index is 2.06. The Morgan fingerprint density at radius 2 is 1.89 bits per heavy atom. The summed E-state index contributed by atoms with van der Waals surface area (Å²) >= 11 is 5.84. The number of hydrogen-bond acceptors (Lipinski definition) is 3. The Kier molecular flexibility index (Phi) is 4.56. The molecular weight excluding hydrogens is 248 g/mol. The third-order valence-corrected chi connectivity index (χ3v) is 2.80. The number of nitrogens with one attached hydrogen (secondary N) is 1. The second kappa shape index (κ2) is 6.38. The average molecular weight is 263 g/mol. The van der Waals surface area contributed by atoms with E-state index in [0.29, 0.717) is 18.3 Å². The first kappa shape index (κ1) is 12.9. The Morgan fingerprint density at radius 1 is 1.11 bits per heavy atom. The molecule has 0 unspecified atom stereocenters. The molecule has 94 valence electrons. The summed E-state index contributed by atoms with van der Waals surface area (Å²) in [5.41, 5.74) is 2.37. The summed E-state index contributed by atoms with van der Waals surface area (Å²) in [4.78, 5) is 4.19. The smallest absolute Gasteiger partial charge is 0.131 e. The standard InChI is InChI=1S/C14H15ClN2O/c1-18-10-12-6-3-2-5-11(12)9-16-14-8-4-7-13(15)17-14/h2-8H,9-10H2,1H3,(H,16,17). The van der Waals surface area contributed by atoms with Gasteiger partial charge in [-0.2, -0.15) is 0 Å². The molecule has 0 radical (unpaired) electrons. The van der Waals surface area contributed by atoms with Crippen molar-refractivity contribution in [2.75, 3.05) is 12.4 Å². The van der Waals surface area contributed by atoms with E-state index in [-0.39, 0.29) is 0 Å². The summed E-state index contributed by atoms with van der Waals surface area (Å²) in [5, 5.41) is 3.74. The van der Waals surface area contributed by atoms with Gasteiger partial charge in [0.25, 0.3) is 0 Å². The van der Waals surface area contributed by atoms with Crippen LogP contribution in [0.15, 0.2) is 42.5 Å². The largest absolute Gasteiger partial charge is 0.380 e. The first-order chi connectivity index (χ1) is 8.79. The highest BCUT2D eigenvalue weighted by atomic mass is 35.5. The predicted octanol–water partition coefficient (Wildman–Crippen LogP) is 3.49. The fourth-order valence-corrected chi connectivity index (χ4v) is 1.88. The number of benzene rings is 1. The minimum Gasteiger partial charge on any atom is -0.380 e. The van der Waals surface area contributed by atoms with Gasteiger partial charge in [0.05, 0.1) is 6.61 Å². The van der Waals surface area contributed by atoms with Gasteiger partial charge in [0.2, 0.25) is 0 Å². The molecule has 0 atom stereocenters. The van der Waals surface area contributed by atoms with E-state index in [1.54, 1.807) is 13.2 Å². The van der Waals surface area contributed by atoms with Crippen LogP contribution in [0.3, 0.4) is 0 Å². The number of nitrogens with zero attached hydrogens (tertiary/aromatic N) is 1. The molecule has 4 heteroatoms. The van der Waals surface area contributed by atoms with Crippen molar-refractivity contribution in [3.63, 3.8) is 0 Å². The molecule has 3 nitrogen and oxygen atoms in total. The van der Waals surface area contributed by atoms with E-state index < -0.39 is 0 Å². The molecule has 0 saturated heterocycles. The van der Waals surface area contributed by atoms with Crippen LogP contribution < -0.4 is 5.32 Å². The van der Waals surface area contributed by atoms with Crippen molar-refractivity contribution in [1.82, 2.24) is 4.98 Å². The van der Waals surface area contributed by atoms with Gasteiger partial charge in [-0.05, 0) is 23.3 Å². The quantitative estimate of drug-likeness (QED) is 0.838. The molecule has 2 rings (SSSR count). The zero-order valence-electron chi connectivity index (χ0n) is 10.2. The molecule has 0 saturated carbocycles. The molecule has 2 aromatic rings. The first-order valence-electron chi connectivity index (χ1n) is 5.72. The highest BCUT2D eigenvalue weighted by Gasteiger charge is 2.02. The lowest BCUT2D eigenvalue weighted by Crippen LogP contribution is -2.04. The Hall–Kier alpha value is -1.58.